The highest BCUT2D eigenvalue weighted by Gasteiger charge is 2.14. The molecule has 1 N–H and O–H groups in total. The van der Waals surface area contributed by atoms with Crippen LogP contribution in [-0.4, -0.2) is 18.2 Å². The van der Waals surface area contributed by atoms with Crippen molar-refractivity contribution in [3.05, 3.63) is 70.2 Å². The molecule has 0 radical (unpaired) electrons. The first-order chi connectivity index (χ1) is 11.6. The van der Waals surface area contributed by atoms with Crippen molar-refractivity contribution < 1.29 is 19.4 Å². The topological polar surface area (TPSA) is 55.8 Å². The third-order valence-corrected chi connectivity index (χ3v) is 4.49. The van der Waals surface area contributed by atoms with Gasteiger partial charge in [-0.05, 0) is 45.8 Å². The summed E-state index contributed by atoms with van der Waals surface area (Å²) in [6.45, 7) is 0.424. The van der Waals surface area contributed by atoms with Gasteiger partial charge >= 0.3 is 5.97 Å². The molecular formula is C19H15BrO4. The van der Waals surface area contributed by atoms with Crippen molar-refractivity contribution in [2.45, 2.75) is 6.61 Å². The Bertz CT molecular complexity index is 891. The monoisotopic (exact) mass is 386 g/mol. The zero-order chi connectivity index (χ0) is 17.1. The summed E-state index contributed by atoms with van der Waals surface area (Å²) in [5.41, 5.74) is 1.33. The highest BCUT2D eigenvalue weighted by molar-refractivity contribution is 9.10. The number of carbonyl (C=O) groups excluding carboxylic acids is 1. The Balaban J connectivity index is 1.98. The van der Waals surface area contributed by atoms with Crippen LogP contribution in [0.1, 0.15) is 15.9 Å². The summed E-state index contributed by atoms with van der Waals surface area (Å²) in [6, 6.07) is 16.4. The lowest BCUT2D eigenvalue weighted by atomic mass is 10.1. The second-order valence-electron chi connectivity index (χ2n) is 5.23. The van der Waals surface area contributed by atoms with Gasteiger partial charge in [0.25, 0.3) is 0 Å². The lowest BCUT2D eigenvalue weighted by molar-refractivity contribution is 0.0600. The van der Waals surface area contributed by atoms with Gasteiger partial charge in [-0.1, -0.05) is 30.3 Å². The summed E-state index contributed by atoms with van der Waals surface area (Å²) in [7, 11) is 1.30. The van der Waals surface area contributed by atoms with Gasteiger partial charge in [0.2, 0.25) is 0 Å². The minimum Gasteiger partial charge on any atom is -0.507 e. The summed E-state index contributed by atoms with van der Waals surface area (Å²) in [4.78, 5) is 11.7. The van der Waals surface area contributed by atoms with Crippen LogP contribution in [-0.2, 0) is 11.3 Å². The first-order valence-corrected chi connectivity index (χ1v) is 8.09. The molecule has 0 unspecified atom stereocenters. The molecule has 0 amide bonds. The highest BCUT2D eigenvalue weighted by Crippen LogP contribution is 2.38. The molecule has 0 aliphatic heterocycles. The fraction of sp³-hybridized carbons (Fsp3) is 0.105. The van der Waals surface area contributed by atoms with E-state index in [4.69, 9.17) is 9.47 Å². The number of phenolic OH excluding ortho intramolecular Hbond substituents is 1. The molecule has 0 fully saturated rings. The number of benzene rings is 3. The van der Waals surface area contributed by atoms with E-state index < -0.39 is 5.97 Å². The van der Waals surface area contributed by atoms with Gasteiger partial charge < -0.3 is 14.6 Å². The molecule has 3 rings (SSSR count). The molecule has 5 heteroatoms. The average Bonchev–Trinajstić information content (AvgIpc) is 2.61. The van der Waals surface area contributed by atoms with E-state index in [1.807, 2.05) is 30.3 Å². The second kappa shape index (κ2) is 6.93. The molecule has 3 aromatic rings. The SMILES string of the molecule is COC(=O)c1cc(O)c2ccc(OCc3ccccc3)c(Br)c2c1. The molecule has 0 saturated carbocycles. The predicted octanol–water partition coefficient (Wildman–Crippen LogP) is 4.67. The molecule has 0 atom stereocenters. The molecule has 4 nitrogen and oxygen atoms in total. The van der Waals surface area contributed by atoms with Gasteiger partial charge in [0.15, 0.2) is 0 Å². The Hall–Kier alpha value is -2.53. The maximum Gasteiger partial charge on any atom is 0.338 e. The number of halogens is 1. The van der Waals surface area contributed by atoms with E-state index in [-0.39, 0.29) is 11.3 Å². The molecule has 0 saturated heterocycles. The van der Waals surface area contributed by atoms with Crippen LogP contribution in [0.2, 0.25) is 0 Å². The molecule has 0 aromatic heterocycles. The van der Waals surface area contributed by atoms with Crippen molar-refractivity contribution in [1.29, 1.82) is 0 Å². The van der Waals surface area contributed by atoms with Crippen molar-refractivity contribution in [2.75, 3.05) is 7.11 Å². The number of ether oxygens (including phenoxy) is 2. The Labute approximate surface area is 147 Å². The van der Waals surface area contributed by atoms with Crippen LogP contribution in [0.5, 0.6) is 11.5 Å². The summed E-state index contributed by atoms with van der Waals surface area (Å²) in [5.74, 6) is 0.144. The second-order valence-corrected chi connectivity index (χ2v) is 6.03. The van der Waals surface area contributed by atoms with Gasteiger partial charge in [-0.2, -0.15) is 0 Å². The van der Waals surface area contributed by atoms with Crippen LogP contribution in [0.3, 0.4) is 0 Å². The highest BCUT2D eigenvalue weighted by atomic mass is 79.9. The first kappa shape index (κ1) is 16.3. The van der Waals surface area contributed by atoms with E-state index in [9.17, 15) is 9.90 Å². The van der Waals surface area contributed by atoms with E-state index in [1.165, 1.54) is 13.2 Å². The number of phenols is 1. The van der Waals surface area contributed by atoms with Gasteiger partial charge in [-0.25, -0.2) is 4.79 Å². The average molecular weight is 387 g/mol. The molecule has 0 bridgehead atoms. The quantitative estimate of drug-likeness (QED) is 0.661. The largest absolute Gasteiger partial charge is 0.507 e. The van der Waals surface area contributed by atoms with E-state index >= 15 is 0 Å². The Morgan fingerprint density at radius 3 is 2.54 bits per heavy atom. The van der Waals surface area contributed by atoms with Crippen molar-refractivity contribution in [3.63, 3.8) is 0 Å². The predicted molar refractivity (Wildman–Crippen MR) is 95.4 cm³/mol. The Morgan fingerprint density at radius 2 is 1.83 bits per heavy atom. The summed E-state index contributed by atoms with van der Waals surface area (Å²) in [5, 5.41) is 11.5. The fourth-order valence-corrected chi connectivity index (χ4v) is 3.02. The van der Waals surface area contributed by atoms with E-state index in [2.05, 4.69) is 15.9 Å². The summed E-state index contributed by atoms with van der Waals surface area (Å²) in [6.07, 6.45) is 0. The van der Waals surface area contributed by atoms with Gasteiger partial charge in [0.1, 0.15) is 18.1 Å². The smallest absolute Gasteiger partial charge is 0.338 e. The number of hydrogen-bond acceptors (Lipinski definition) is 4. The van der Waals surface area contributed by atoms with Gasteiger partial charge in [0, 0.05) is 10.8 Å². The van der Waals surface area contributed by atoms with Crippen LogP contribution >= 0.6 is 15.9 Å². The first-order valence-electron chi connectivity index (χ1n) is 7.30. The standard InChI is InChI=1S/C19H15BrO4/c1-23-19(22)13-9-15-14(16(21)10-13)7-8-17(18(15)20)24-11-12-5-3-2-4-6-12/h2-10,21H,11H2,1H3. The van der Waals surface area contributed by atoms with Crippen molar-refractivity contribution in [2.24, 2.45) is 0 Å². The van der Waals surface area contributed by atoms with Gasteiger partial charge in [0.05, 0.1) is 17.1 Å². The van der Waals surface area contributed by atoms with Gasteiger partial charge in [-0.3, -0.25) is 0 Å². The van der Waals surface area contributed by atoms with E-state index in [1.54, 1.807) is 18.2 Å². The van der Waals surface area contributed by atoms with Gasteiger partial charge in [-0.15, -0.1) is 0 Å². The molecule has 0 heterocycles. The fourth-order valence-electron chi connectivity index (χ4n) is 2.44. The number of rotatable bonds is 4. The Morgan fingerprint density at radius 1 is 1.08 bits per heavy atom. The number of fused-ring (bicyclic) bond motifs is 1. The lowest BCUT2D eigenvalue weighted by Gasteiger charge is -2.12. The number of methoxy groups -OCH3 is 1. The Kier molecular flexibility index (Phi) is 4.71. The zero-order valence-corrected chi connectivity index (χ0v) is 14.5. The normalized spacial score (nSPS) is 10.6. The van der Waals surface area contributed by atoms with E-state index in [0.29, 0.717) is 27.6 Å². The van der Waals surface area contributed by atoms with Crippen molar-refractivity contribution >= 4 is 32.7 Å². The van der Waals surface area contributed by atoms with Crippen LogP contribution in [0.15, 0.2) is 59.1 Å². The molecule has 0 aliphatic rings. The minimum absolute atomic E-state index is 0.0169. The van der Waals surface area contributed by atoms with Crippen molar-refractivity contribution in [3.8, 4) is 11.5 Å². The number of aromatic hydroxyl groups is 1. The maximum absolute atomic E-state index is 11.7. The van der Waals surface area contributed by atoms with Crippen molar-refractivity contribution in [1.82, 2.24) is 0 Å². The van der Waals surface area contributed by atoms with Crippen LogP contribution < -0.4 is 4.74 Å². The zero-order valence-electron chi connectivity index (χ0n) is 13.0. The van der Waals surface area contributed by atoms with Crippen LogP contribution in [0.25, 0.3) is 10.8 Å². The number of carbonyl (C=O) groups is 1. The molecule has 0 spiro atoms. The third-order valence-electron chi connectivity index (χ3n) is 3.67. The summed E-state index contributed by atoms with van der Waals surface area (Å²) < 4.78 is 11.2. The number of esters is 1. The molecule has 122 valence electrons. The minimum atomic E-state index is -0.505. The van der Waals surface area contributed by atoms with Crippen LogP contribution in [0.4, 0.5) is 0 Å². The number of hydrogen-bond donors (Lipinski definition) is 1. The summed E-state index contributed by atoms with van der Waals surface area (Å²) >= 11 is 3.51. The van der Waals surface area contributed by atoms with Crippen LogP contribution in [0, 0.1) is 0 Å². The lowest BCUT2D eigenvalue weighted by Crippen LogP contribution is -2.01. The maximum atomic E-state index is 11.7. The molecule has 0 aliphatic carbocycles. The third kappa shape index (κ3) is 3.21. The molecule has 24 heavy (non-hydrogen) atoms. The molecule has 3 aromatic carbocycles. The van der Waals surface area contributed by atoms with E-state index in [0.717, 1.165) is 5.56 Å². The molecular weight excluding hydrogens is 372 g/mol.